The fourth-order valence-electron chi connectivity index (χ4n) is 2.45. The van der Waals surface area contributed by atoms with E-state index >= 15 is 0 Å². The Hall–Kier alpha value is -1.80. The quantitative estimate of drug-likeness (QED) is 0.613. The minimum absolute atomic E-state index is 0.791. The van der Waals surface area contributed by atoms with Gasteiger partial charge in [-0.2, -0.15) is 0 Å². The topological polar surface area (TPSA) is 12.5 Å². The molecule has 2 nitrogen and oxygen atoms in total. The molecular weight excluding hydrogens is 270 g/mol. The predicted molar refractivity (Wildman–Crippen MR) is 94.4 cm³/mol. The van der Waals surface area contributed by atoms with Gasteiger partial charge in [-0.15, -0.1) is 0 Å². The van der Waals surface area contributed by atoms with E-state index in [0.29, 0.717) is 0 Å². The average molecular weight is 297 g/mol. The van der Waals surface area contributed by atoms with Crippen molar-refractivity contribution < 1.29 is 4.74 Å². The molecule has 2 aromatic rings. The summed E-state index contributed by atoms with van der Waals surface area (Å²) >= 11 is 0. The Morgan fingerprint density at radius 1 is 0.864 bits per heavy atom. The minimum Gasteiger partial charge on any atom is -0.493 e. The monoisotopic (exact) mass is 297 g/mol. The number of hydrogen-bond acceptors (Lipinski definition) is 2. The molecule has 0 unspecified atom stereocenters. The number of rotatable bonds is 9. The van der Waals surface area contributed by atoms with E-state index in [2.05, 4.69) is 61.3 Å². The number of nitrogens with zero attached hydrogens (tertiary/aromatic N) is 1. The molecule has 0 spiro atoms. The summed E-state index contributed by atoms with van der Waals surface area (Å²) in [6, 6.07) is 18.7. The average Bonchev–Trinajstić information content (AvgIpc) is 2.59. The number of para-hydroxylation sites is 1. The van der Waals surface area contributed by atoms with E-state index in [4.69, 9.17) is 4.74 Å². The lowest BCUT2D eigenvalue weighted by molar-refractivity contribution is 0.294. The highest BCUT2D eigenvalue weighted by Crippen LogP contribution is 2.29. The molecule has 118 valence electrons. The molecule has 2 aromatic carbocycles. The largest absolute Gasteiger partial charge is 0.493 e. The van der Waals surface area contributed by atoms with Gasteiger partial charge in [0.25, 0.3) is 0 Å². The van der Waals surface area contributed by atoms with Gasteiger partial charge >= 0.3 is 0 Å². The van der Waals surface area contributed by atoms with Crippen molar-refractivity contribution in [2.45, 2.75) is 26.2 Å². The van der Waals surface area contributed by atoms with Gasteiger partial charge < -0.3 is 9.64 Å². The van der Waals surface area contributed by atoms with E-state index in [9.17, 15) is 0 Å². The molecule has 0 saturated heterocycles. The maximum absolute atomic E-state index is 6.01. The van der Waals surface area contributed by atoms with E-state index in [-0.39, 0.29) is 0 Å². The summed E-state index contributed by atoms with van der Waals surface area (Å²) in [4.78, 5) is 2.35. The van der Waals surface area contributed by atoms with Crippen molar-refractivity contribution in [2.24, 2.45) is 0 Å². The van der Waals surface area contributed by atoms with Gasteiger partial charge in [0.15, 0.2) is 0 Å². The molecule has 0 fully saturated rings. The maximum Gasteiger partial charge on any atom is 0.127 e. The smallest absolute Gasteiger partial charge is 0.127 e. The lowest BCUT2D eigenvalue weighted by Gasteiger charge is -2.14. The number of ether oxygens (including phenoxy) is 1. The summed E-state index contributed by atoms with van der Waals surface area (Å²) < 4.78 is 6.01. The molecule has 0 N–H and O–H groups in total. The van der Waals surface area contributed by atoms with Gasteiger partial charge in [0, 0.05) is 5.56 Å². The van der Waals surface area contributed by atoms with E-state index in [1.807, 2.05) is 12.1 Å². The zero-order valence-corrected chi connectivity index (χ0v) is 13.8. The van der Waals surface area contributed by atoms with Gasteiger partial charge in [-0.05, 0) is 51.0 Å². The fourth-order valence-corrected chi connectivity index (χ4v) is 2.45. The van der Waals surface area contributed by atoms with Crippen LogP contribution in [-0.2, 0) is 0 Å². The second kappa shape index (κ2) is 9.26. The van der Waals surface area contributed by atoms with E-state index < -0.39 is 0 Å². The third-order valence-electron chi connectivity index (χ3n) is 3.95. The first-order valence-corrected chi connectivity index (χ1v) is 8.27. The molecule has 0 radical (unpaired) electrons. The van der Waals surface area contributed by atoms with Crippen molar-refractivity contribution in [3.63, 3.8) is 0 Å². The summed E-state index contributed by atoms with van der Waals surface area (Å²) in [6.45, 7) is 5.29. The van der Waals surface area contributed by atoms with Crippen LogP contribution in [-0.4, -0.2) is 31.6 Å². The highest BCUT2D eigenvalue weighted by molar-refractivity contribution is 5.70. The predicted octanol–water partition coefficient (Wildman–Crippen LogP) is 4.85. The molecule has 0 aliphatic carbocycles. The van der Waals surface area contributed by atoms with Gasteiger partial charge in [-0.3, -0.25) is 0 Å². The van der Waals surface area contributed by atoms with Crippen molar-refractivity contribution in [1.29, 1.82) is 0 Å². The van der Waals surface area contributed by atoms with E-state index in [1.165, 1.54) is 30.5 Å². The van der Waals surface area contributed by atoms with Gasteiger partial charge in [0.1, 0.15) is 5.75 Å². The molecule has 0 aliphatic heterocycles. The second-order valence-electron chi connectivity index (χ2n) is 5.67. The first-order chi connectivity index (χ1) is 10.8. The SMILES string of the molecule is CCN(C)CCCCCOc1ccccc1-c1ccccc1. The Balaban J connectivity index is 1.81. The Labute approximate surface area is 134 Å². The lowest BCUT2D eigenvalue weighted by atomic mass is 10.1. The van der Waals surface area contributed by atoms with Crippen molar-refractivity contribution in [3.8, 4) is 16.9 Å². The van der Waals surface area contributed by atoms with E-state index in [0.717, 1.165) is 25.3 Å². The van der Waals surface area contributed by atoms with Crippen molar-refractivity contribution in [2.75, 3.05) is 26.7 Å². The third kappa shape index (κ3) is 5.19. The van der Waals surface area contributed by atoms with Gasteiger partial charge in [0.2, 0.25) is 0 Å². The molecule has 0 aromatic heterocycles. The molecule has 2 heteroatoms. The Kier molecular flexibility index (Phi) is 6.98. The molecular formula is C20H27NO. The van der Waals surface area contributed by atoms with Crippen LogP contribution in [0.15, 0.2) is 54.6 Å². The molecule has 0 saturated carbocycles. The van der Waals surface area contributed by atoms with Crippen LogP contribution in [0.2, 0.25) is 0 Å². The first kappa shape index (κ1) is 16.6. The third-order valence-corrected chi connectivity index (χ3v) is 3.95. The molecule has 0 bridgehead atoms. The molecule has 0 amide bonds. The summed E-state index contributed by atoms with van der Waals surface area (Å²) in [6.07, 6.45) is 3.58. The first-order valence-electron chi connectivity index (χ1n) is 8.27. The maximum atomic E-state index is 6.01. The molecule has 22 heavy (non-hydrogen) atoms. The van der Waals surface area contributed by atoms with Gasteiger partial charge in [-0.25, -0.2) is 0 Å². The van der Waals surface area contributed by atoms with Crippen LogP contribution >= 0.6 is 0 Å². The van der Waals surface area contributed by atoms with Crippen molar-refractivity contribution in [3.05, 3.63) is 54.6 Å². The lowest BCUT2D eigenvalue weighted by Crippen LogP contribution is -2.18. The molecule has 0 aliphatic rings. The molecule has 0 atom stereocenters. The van der Waals surface area contributed by atoms with Gasteiger partial charge in [-0.1, -0.05) is 55.5 Å². The van der Waals surface area contributed by atoms with Crippen molar-refractivity contribution >= 4 is 0 Å². The zero-order valence-electron chi connectivity index (χ0n) is 13.8. The van der Waals surface area contributed by atoms with E-state index in [1.54, 1.807) is 0 Å². The van der Waals surface area contributed by atoms with Crippen LogP contribution in [0, 0.1) is 0 Å². The van der Waals surface area contributed by atoms with Crippen LogP contribution in [0.25, 0.3) is 11.1 Å². The number of hydrogen-bond donors (Lipinski definition) is 0. The van der Waals surface area contributed by atoms with Crippen LogP contribution < -0.4 is 4.74 Å². The zero-order chi connectivity index (χ0) is 15.6. The van der Waals surface area contributed by atoms with Gasteiger partial charge in [0.05, 0.1) is 6.61 Å². The molecule has 2 rings (SSSR count). The number of benzene rings is 2. The summed E-state index contributed by atoms with van der Waals surface area (Å²) in [5.74, 6) is 0.986. The highest BCUT2D eigenvalue weighted by Gasteiger charge is 2.04. The fraction of sp³-hybridized carbons (Fsp3) is 0.400. The van der Waals surface area contributed by atoms with Crippen LogP contribution in [0.4, 0.5) is 0 Å². The normalized spacial score (nSPS) is 10.9. The summed E-state index contributed by atoms with van der Waals surface area (Å²) in [5, 5.41) is 0. The number of unbranched alkanes of at least 4 members (excludes halogenated alkanes) is 2. The summed E-state index contributed by atoms with van der Waals surface area (Å²) in [5.41, 5.74) is 2.39. The highest BCUT2D eigenvalue weighted by atomic mass is 16.5. The van der Waals surface area contributed by atoms with Crippen molar-refractivity contribution in [1.82, 2.24) is 4.90 Å². The minimum atomic E-state index is 0.791. The standard InChI is InChI=1S/C20H27NO/c1-3-21(2)16-10-5-11-17-22-20-15-9-8-14-19(20)18-12-6-4-7-13-18/h4,6-9,12-15H,3,5,10-11,16-17H2,1-2H3. The summed E-state index contributed by atoms with van der Waals surface area (Å²) in [7, 11) is 2.17. The second-order valence-corrected chi connectivity index (χ2v) is 5.67. The Morgan fingerprint density at radius 2 is 1.59 bits per heavy atom. The van der Waals surface area contributed by atoms with Crippen LogP contribution in [0.3, 0.4) is 0 Å². The molecule has 0 heterocycles. The van der Waals surface area contributed by atoms with Crippen LogP contribution in [0.1, 0.15) is 26.2 Å². The Morgan fingerprint density at radius 3 is 2.36 bits per heavy atom. The Bertz CT molecular complexity index is 538. The van der Waals surface area contributed by atoms with Crippen LogP contribution in [0.5, 0.6) is 5.75 Å².